The number of nitrogens with zero attached hydrogens (tertiary/aromatic N) is 2. The van der Waals surface area contributed by atoms with Gasteiger partial charge in [0.2, 0.25) is 5.78 Å². The summed E-state index contributed by atoms with van der Waals surface area (Å²) in [7, 11) is 0. The van der Waals surface area contributed by atoms with Crippen molar-refractivity contribution in [3.63, 3.8) is 0 Å². The van der Waals surface area contributed by atoms with Crippen LogP contribution in [0.5, 0.6) is 0 Å². The predicted molar refractivity (Wildman–Crippen MR) is 97.7 cm³/mol. The summed E-state index contributed by atoms with van der Waals surface area (Å²) in [4.78, 5) is 23.3. The fourth-order valence-electron chi connectivity index (χ4n) is 3.00. The van der Waals surface area contributed by atoms with E-state index in [1.165, 1.54) is 0 Å². The van der Waals surface area contributed by atoms with Crippen LogP contribution in [-0.4, -0.2) is 21.5 Å². The zero-order chi connectivity index (χ0) is 18.0. The Morgan fingerprint density at radius 3 is 2.64 bits per heavy atom. The monoisotopic (exact) mass is 335 g/mol. The quantitative estimate of drug-likeness (QED) is 0.726. The third-order valence-corrected chi connectivity index (χ3v) is 4.43. The van der Waals surface area contributed by atoms with Crippen LogP contribution in [0, 0.1) is 6.92 Å². The van der Waals surface area contributed by atoms with Crippen molar-refractivity contribution >= 4 is 22.5 Å². The molecule has 0 saturated heterocycles. The number of carbonyl (C=O) groups is 2. The number of aromatic nitrogens is 2. The first-order valence-corrected chi connectivity index (χ1v) is 8.39. The molecule has 0 fully saturated rings. The van der Waals surface area contributed by atoms with Crippen molar-refractivity contribution in [2.24, 2.45) is 0 Å². The van der Waals surface area contributed by atoms with Gasteiger partial charge in [0.1, 0.15) is 0 Å². The molecular formula is C20H21N3O2. The maximum absolute atomic E-state index is 11.8. The van der Waals surface area contributed by atoms with Gasteiger partial charge in [-0.2, -0.15) is 5.10 Å². The number of amides is 1. The Labute approximate surface area is 146 Å². The Balaban J connectivity index is 1.96. The zero-order valence-corrected chi connectivity index (χ0v) is 14.6. The second-order valence-electron chi connectivity index (χ2n) is 6.07. The van der Waals surface area contributed by atoms with Crippen LogP contribution in [0.3, 0.4) is 0 Å². The molecule has 3 aromatic rings. The van der Waals surface area contributed by atoms with E-state index in [1.54, 1.807) is 13.1 Å². The molecule has 128 valence electrons. The van der Waals surface area contributed by atoms with Crippen LogP contribution in [0.25, 0.3) is 16.5 Å². The number of Topliss-reactive ketones (excluding diaryl/α,β-unsaturated/α-hetero) is 1. The van der Waals surface area contributed by atoms with Gasteiger partial charge in [0.05, 0.1) is 17.9 Å². The number of rotatable bonds is 5. The number of ketones is 1. The van der Waals surface area contributed by atoms with Crippen molar-refractivity contribution in [3.8, 4) is 5.69 Å². The second-order valence-corrected chi connectivity index (χ2v) is 6.07. The number of benzene rings is 2. The number of hydrogen-bond acceptors (Lipinski definition) is 3. The van der Waals surface area contributed by atoms with Gasteiger partial charge in [-0.05, 0) is 25.3 Å². The van der Waals surface area contributed by atoms with Gasteiger partial charge >= 0.3 is 0 Å². The summed E-state index contributed by atoms with van der Waals surface area (Å²) in [5.74, 6) is -0.960. The van der Waals surface area contributed by atoms with Gasteiger partial charge in [-0.25, -0.2) is 4.68 Å². The highest BCUT2D eigenvalue weighted by Crippen LogP contribution is 2.25. The fourth-order valence-corrected chi connectivity index (χ4v) is 3.00. The molecule has 25 heavy (non-hydrogen) atoms. The second kappa shape index (κ2) is 6.89. The molecule has 5 heteroatoms. The van der Waals surface area contributed by atoms with Crippen LogP contribution in [0.4, 0.5) is 0 Å². The van der Waals surface area contributed by atoms with E-state index in [1.807, 2.05) is 42.8 Å². The van der Waals surface area contributed by atoms with E-state index < -0.39 is 11.7 Å². The lowest BCUT2D eigenvalue weighted by Crippen LogP contribution is -2.32. The molecule has 1 atom stereocenters. The van der Waals surface area contributed by atoms with Crippen LogP contribution in [0.2, 0.25) is 0 Å². The maximum Gasteiger partial charge on any atom is 0.287 e. The molecule has 1 heterocycles. The van der Waals surface area contributed by atoms with Gasteiger partial charge in [0.25, 0.3) is 5.91 Å². The summed E-state index contributed by atoms with van der Waals surface area (Å²) in [5.41, 5.74) is 2.82. The molecule has 0 spiro atoms. The molecule has 0 saturated carbocycles. The van der Waals surface area contributed by atoms with Gasteiger partial charge < -0.3 is 5.32 Å². The van der Waals surface area contributed by atoms with E-state index in [0.717, 1.165) is 27.7 Å². The van der Waals surface area contributed by atoms with Crippen LogP contribution < -0.4 is 5.32 Å². The van der Waals surface area contributed by atoms with Gasteiger partial charge in [-0.15, -0.1) is 0 Å². The summed E-state index contributed by atoms with van der Waals surface area (Å²) in [5, 5.41) is 9.51. The third-order valence-electron chi connectivity index (χ3n) is 4.43. The molecule has 0 bridgehead atoms. The molecule has 1 amide bonds. The normalized spacial score (nSPS) is 12.1. The molecule has 3 rings (SSSR count). The van der Waals surface area contributed by atoms with Crippen molar-refractivity contribution < 1.29 is 9.59 Å². The smallest absolute Gasteiger partial charge is 0.287 e. The highest BCUT2D eigenvalue weighted by molar-refractivity contribution is 6.36. The Hall–Kier alpha value is -2.95. The highest BCUT2D eigenvalue weighted by Gasteiger charge is 2.19. The molecule has 0 aliphatic carbocycles. The first kappa shape index (κ1) is 16.9. The summed E-state index contributed by atoms with van der Waals surface area (Å²) in [6.07, 6.45) is 1.95. The summed E-state index contributed by atoms with van der Waals surface area (Å²) in [6.45, 7) is 5.50. The Bertz CT molecular complexity index is 938. The number of carbonyl (C=O) groups excluding carboxylic acids is 2. The number of hydrogen-bond donors (Lipinski definition) is 1. The van der Waals surface area contributed by atoms with Crippen LogP contribution >= 0.6 is 0 Å². The first-order chi connectivity index (χ1) is 12.0. The topological polar surface area (TPSA) is 64.0 Å². The molecule has 5 nitrogen and oxygen atoms in total. The van der Waals surface area contributed by atoms with Crippen molar-refractivity contribution in [1.29, 1.82) is 0 Å². The van der Waals surface area contributed by atoms with Gasteiger partial charge in [-0.1, -0.05) is 43.3 Å². The Kier molecular flexibility index (Phi) is 4.65. The molecule has 0 aliphatic heterocycles. The number of fused-ring (bicyclic) bond motifs is 1. The Morgan fingerprint density at radius 1 is 1.16 bits per heavy atom. The van der Waals surface area contributed by atoms with E-state index in [0.29, 0.717) is 0 Å². The highest BCUT2D eigenvalue weighted by atomic mass is 16.2. The largest absolute Gasteiger partial charge is 0.343 e. The van der Waals surface area contributed by atoms with Crippen molar-refractivity contribution in [2.45, 2.75) is 33.2 Å². The minimum Gasteiger partial charge on any atom is -0.343 e. The van der Waals surface area contributed by atoms with Crippen molar-refractivity contribution in [1.82, 2.24) is 15.1 Å². The van der Waals surface area contributed by atoms with E-state index in [4.69, 9.17) is 0 Å². The molecule has 1 N–H and O–H groups in total. The molecular weight excluding hydrogens is 314 g/mol. The van der Waals surface area contributed by atoms with Crippen molar-refractivity contribution in [2.75, 3.05) is 0 Å². The molecule has 0 aliphatic rings. The molecule has 1 unspecified atom stereocenters. The molecule has 2 aromatic carbocycles. The lowest BCUT2D eigenvalue weighted by atomic mass is 10.1. The lowest BCUT2D eigenvalue weighted by molar-refractivity contribution is -0.138. The maximum atomic E-state index is 11.8. The minimum absolute atomic E-state index is 0.201. The van der Waals surface area contributed by atoms with E-state index >= 15 is 0 Å². The molecule has 0 radical (unpaired) electrons. The molecule has 1 aromatic heterocycles. The van der Waals surface area contributed by atoms with Crippen molar-refractivity contribution in [3.05, 3.63) is 59.9 Å². The van der Waals surface area contributed by atoms with E-state index in [9.17, 15) is 9.59 Å². The van der Waals surface area contributed by atoms with E-state index in [2.05, 4.69) is 28.6 Å². The van der Waals surface area contributed by atoms with Crippen LogP contribution in [0.1, 0.15) is 37.6 Å². The number of nitrogens with one attached hydrogen (secondary N) is 1. The SMILES string of the molecule is CCC(=O)C(=O)NC(C)c1cnn(-c2cccc3ccccc23)c1C. The lowest BCUT2D eigenvalue weighted by Gasteiger charge is -2.14. The fraction of sp³-hybridized carbons (Fsp3) is 0.250. The van der Waals surface area contributed by atoms with Crippen LogP contribution in [-0.2, 0) is 9.59 Å². The third kappa shape index (κ3) is 3.18. The Morgan fingerprint density at radius 2 is 1.88 bits per heavy atom. The summed E-state index contributed by atoms with van der Waals surface area (Å²) >= 11 is 0. The average molecular weight is 335 g/mol. The predicted octanol–water partition coefficient (Wildman–Crippen LogP) is 3.49. The zero-order valence-electron chi connectivity index (χ0n) is 14.6. The summed E-state index contributed by atoms with van der Waals surface area (Å²) < 4.78 is 1.88. The minimum atomic E-state index is -0.549. The average Bonchev–Trinajstić information content (AvgIpc) is 3.01. The standard InChI is InChI=1S/C20H21N3O2/c1-4-19(24)20(25)22-13(2)17-12-21-23(14(17)3)18-11-7-9-15-8-5-6-10-16(15)18/h5-13H,4H2,1-3H3,(H,22,25). The van der Waals surface area contributed by atoms with Gasteiger partial charge in [0.15, 0.2) is 0 Å². The van der Waals surface area contributed by atoms with Crippen LogP contribution in [0.15, 0.2) is 48.7 Å². The van der Waals surface area contributed by atoms with E-state index in [-0.39, 0.29) is 12.5 Å². The van der Waals surface area contributed by atoms with Gasteiger partial charge in [-0.3, -0.25) is 9.59 Å². The first-order valence-electron chi connectivity index (χ1n) is 8.39. The van der Waals surface area contributed by atoms with Gasteiger partial charge in [0, 0.05) is 23.1 Å². The summed E-state index contributed by atoms with van der Waals surface area (Å²) in [6, 6.07) is 14.0.